The van der Waals surface area contributed by atoms with Crippen molar-refractivity contribution in [2.24, 2.45) is 0 Å². The minimum absolute atomic E-state index is 0.478. The van der Waals surface area contributed by atoms with E-state index in [9.17, 15) is 0 Å². The molecule has 0 amide bonds. The highest BCUT2D eigenvalue weighted by molar-refractivity contribution is 5.50. The molecule has 0 saturated heterocycles. The number of benzene rings is 1. The summed E-state index contributed by atoms with van der Waals surface area (Å²) in [5.74, 6) is 0.992. The van der Waals surface area contributed by atoms with Gasteiger partial charge in [-0.25, -0.2) is 0 Å². The number of rotatable bonds is 3. The number of aryl methyl sites for hydroxylation is 1. The van der Waals surface area contributed by atoms with Gasteiger partial charge in [0.1, 0.15) is 5.75 Å². The van der Waals surface area contributed by atoms with Crippen LogP contribution in [0.1, 0.15) is 18.4 Å². The van der Waals surface area contributed by atoms with Crippen LogP contribution in [-0.2, 0) is 0 Å². The van der Waals surface area contributed by atoms with Crippen LogP contribution in [0.4, 0.5) is 5.69 Å². The standard InChI is InChI=1S/C11H15NO/c1-8-5-9(12-2)7-11(6-8)13-10-3-4-10/h5-7,10,12H,3-4H2,1-2H3. The fraction of sp³-hybridized carbons (Fsp3) is 0.455. The van der Waals surface area contributed by atoms with Gasteiger partial charge >= 0.3 is 0 Å². The van der Waals surface area contributed by atoms with E-state index >= 15 is 0 Å². The Labute approximate surface area is 78.9 Å². The van der Waals surface area contributed by atoms with Crippen LogP contribution < -0.4 is 10.1 Å². The average Bonchev–Trinajstić information content (AvgIpc) is 2.87. The minimum Gasteiger partial charge on any atom is -0.490 e. The van der Waals surface area contributed by atoms with Crippen LogP contribution in [0.15, 0.2) is 18.2 Å². The number of nitrogens with one attached hydrogen (secondary N) is 1. The predicted molar refractivity (Wildman–Crippen MR) is 54.4 cm³/mol. The Morgan fingerprint density at radius 2 is 2.08 bits per heavy atom. The van der Waals surface area contributed by atoms with Gasteiger partial charge in [-0.05, 0) is 37.5 Å². The Morgan fingerprint density at radius 1 is 1.31 bits per heavy atom. The topological polar surface area (TPSA) is 21.3 Å². The largest absolute Gasteiger partial charge is 0.490 e. The highest BCUT2D eigenvalue weighted by Crippen LogP contribution is 2.29. The third-order valence-corrected chi connectivity index (χ3v) is 2.17. The fourth-order valence-corrected chi connectivity index (χ4v) is 1.34. The van der Waals surface area contributed by atoms with Crippen LogP contribution in [0.5, 0.6) is 5.75 Å². The molecule has 0 aromatic heterocycles. The van der Waals surface area contributed by atoms with E-state index in [0.717, 1.165) is 11.4 Å². The molecule has 2 nitrogen and oxygen atoms in total. The summed E-state index contributed by atoms with van der Waals surface area (Å²) in [5.41, 5.74) is 2.36. The molecule has 0 heterocycles. The molecule has 2 heteroatoms. The lowest BCUT2D eigenvalue weighted by Crippen LogP contribution is -1.97. The van der Waals surface area contributed by atoms with Gasteiger partial charge in [0.15, 0.2) is 0 Å². The van der Waals surface area contributed by atoms with Gasteiger partial charge in [0.2, 0.25) is 0 Å². The maximum Gasteiger partial charge on any atom is 0.122 e. The second kappa shape index (κ2) is 3.29. The lowest BCUT2D eigenvalue weighted by Gasteiger charge is -2.08. The second-order valence-electron chi connectivity index (χ2n) is 3.60. The first-order valence-electron chi connectivity index (χ1n) is 4.74. The van der Waals surface area contributed by atoms with Crippen molar-refractivity contribution in [3.63, 3.8) is 0 Å². The van der Waals surface area contributed by atoms with Gasteiger partial charge in [0.05, 0.1) is 6.10 Å². The van der Waals surface area contributed by atoms with E-state index in [4.69, 9.17) is 4.74 Å². The van der Waals surface area contributed by atoms with Crippen molar-refractivity contribution in [2.75, 3.05) is 12.4 Å². The molecule has 0 radical (unpaired) electrons. The van der Waals surface area contributed by atoms with Gasteiger partial charge in [0, 0.05) is 18.8 Å². The maximum absolute atomic E-state index is 5.71. The Hall–Kier alpha value is -1.18. The minimum atomic E-state index is 0.478. The molecule has 1 aliphatic rings. The molecule has 1 saturated carbocycles. The Balaban J connectivity index is 2.17. The second-order valence-corrected chi connectivity index (χ2v) is 3.60. The van der Waals surface area contributed by atoms with Crippen molar-refractivity contribution in [3.8, 4) is 5.75 Å². The van der Waals surface area contributed by atoms with Gasteiger partial charge in [-0.1, -0.05) is 0 Å². The number of anilines is 1. The fourth-order valence-electron chi connectivity index (χ4n) is 1.34. The first kappa shape index (κ1) is 8.42. The molecule has 13 heavy (non-hydrogen) atoms. The lowest BCUT2D eigenvalue weighted by atomic mass is 10.2. The first-order valence-corrected chi connectivity index (χ1v) is 4.74. The monoisotopic (exact) mass is 177 g/mol. The molecule has 70 valence electrons. The zero-order valence-corrected chi connectivity index (χ0v) is 8.13. The van der Waals surface area contributed by atoms with Crippen LogP contribution in [-0.4, -0.2) is 13.2 Å². The summed E-state index contributed by atoms with van der Waals surface area (Å²) in [4.78, 5) is 0. The third-order valence-electron chi connectivity index (χ3n) is 2.17. The summed E-state index contributed by atoms with van der Waals surface area (Å²) in [6.45, 7) is 2.08. The molecule has 0 aliphatic heterocycles. The van der Waals surface area contributed by atoms with Crippen LogP contribution >= 0.6 is 0 Å². The van der Waals surface area contributed by atoms with Crippen molar-refractivity contribution in [1.82, 2.24) is 0 Å². The summed E-state index contributed by atoms with van der Waals surface area (Å²) in [7, 11) is 1.93. The number of ether oxygens (including phenoxy) is 1. The molecule has 0 bridgehead atoms. The zero-order valence-electron chi connectivity index (χ0n) is 8.13. The summed E-state index contributed by atoms with van der Waals surface area (Å²) in [6.07, 6.45) is 2.90. The first-order chi connectivity index (χ1) is 6.28. The molecule has 0 atom stereocenters. The van der Waals surface area contributed by atoms with Crippen molar-refractivity contribution in [2.45, 2.75) is 25.9 Å². The molecular weight excluding hydrogens is 162 g/mol. The molecule has 2 rings (SSSR count). The molecule has 0 spiro atoms. The highest BCUT2D eigenvalue weighted by Gasteiger charge is 2.23. The van der Waals surface area contributed by atoms with Crippen molar-refractivity contribution in [3.05, 3.63) is 23.8 Å². The molecule has 1 aliphatic carbocycles. The van der Waals surface area contributed by atoms with Crippen molar-refractivity contribution >= 4 is 5.69 Å². The van der Waals surface area contributed by atoms with Gasteiger partial charge in [-0.15, -0.1) is 0 Å². The van der Waals surface area contributed by atoms with Crippen LogP contribution in [0.2, 0.25) is 0 Å². The highest BCUT2D eigenvalue weighted by atomic mass is 16.5. The summed E-state index contributed by atoms with van der Waals surface area (Å²) in [5, 5.41) is 3.12. The summed E-state index contributed by atoms with van der Waals surface area (Å²) in [6, 6.07) is 6.24. The van der Waals surface area contributed by atoms with E-state index in [-0.39, 0.29) is 0 Å². The van der Waals surface area contributed by atoms with Crippen molar-refractivity contribution in [1.29, 1.82) is 0 Å². The number of hydrogen-bond donors (Lipinski definition) is 1. The molecule has 1 N–H and O–H groups in total. The lowest BCUT2D eigenvalue weighted by molar-refractivity contribution is 0.303. The summed E-state index contributed by atoms with van der Waals surface area (Å²) >= 11 is 0. The smallest absolute Gasteiger partial charge is 0.122 e. The number of hydrogen-bond acceptors (Lipinski definition) is 2. The van der Waals surface area contributed by atoms with E-state index in [2.05, 4.69) is 24.4 Å². The summed E-state index contributed by atoms with van der Waals surface area (Å²) < 4.78 is 5.71. The molecule has 0 unspecified atom stereocenters. The van der Waals surface area contributed by atoms with Crippen molar-refractivity contribution < 1.29 is 4.74 Å². The van der Waals surface area contributed by atoms with Gasteiger partial charge in [0.25, 0.3) is 0 Å². The maximum atomic E-state index is 5.71. The van der Waals surface area contributed by atoms with Gasteiger partial charge in [-0.3, -0.25) is 0 Å². The van der Waals surface area contributed by atoms with Crippen LogP contribution in [0, 0.1) is 6.92 Å². The third kappa shape index (κ3) is 2.14. The van der Waals surface area contributed by atoms with E-state index in [1.807, 2.05) is 13.1 Å². The normalized spacial score (nSPS) is 15.5. The Bertz CT molecular complexity index is 305. The van der Waals surface area contributed by atoms with E-state index in [1.54, 1.807) is 0 Å². The van der Waals surface area contributed by atoms with E-state index in [0.29, 0.717) is 6.10 Å². The van der Waals surface area contributed by atoms with Crippen LogP contribution in [0.3, 0.4) is 0 Å². The van der Waals surface area contributed by atoms with Crippen LogP contribution in [0.25, 0.3) is 0 Å². The molecule has 1 fully saturated rings. The average molecular weight is 177 g/mol. The van der Waals surface area contributed by atoms with E-state index < -0.39 is 0 Å². The Kier molecular flexibility index (Phi) is 2.13. The van der Waals surface area contributed by atoms with Gasteiger partial charge in [-0.2, -0.15) is 0 Å². The zero-order chi connectivity index (χ0) is 9.26. The SMILES string of the molecule is CNc1cc(C)cc(OC2CC2)c1. The predicted octanol–water partition coefficient (Wildman–Crippen LogP) is 2.58. The quantitative estimate of drug-likeness (QED) is 0.766. The van der Waals surface area contributed by atoms with Gasteiger partial charge < -0.3 is 10.1 Å². The molecule has 1 aromatic rings. The molecular formula is C11H15NO. The Morgan fingerprint density at radius 3 is 2.69 bits per heavy atom. The van der Waals surface area contributed by atoms with E-state index in [1.165, 1.54) is 18.4 Å². The molecule has 1 aromatic carbocycles.